The second kappa shape index (κ2) is 9.26. The van der Waals surface area contributed by atoms with Crippen LogP contribution in [0.4, 0.5) is 0 Å². The number of carbonyl (C=O) groups excluding carboxylic acids is 1. The van der Waals surface area contributed by atoms with Crippen molar-refractivity contribution in [2.45, 2.75) is 24.4 Å². The van der Waals surface area contributed by atoms with E-state index in [0.717, 1.165) is 13.1 Å². The fraction of sp³-hybridized carbons (Fsp3) is 0.611. The normalized spacial score (nSPS) is 26.4. The van der Waals surface area contributed by atoms with Gasteiger partial charge in [-0.15, -0.1) is 0 Å². The molecular weight excluding hydrogens is 322 g/mol. The molecule has 1 aliphatic rings. The summed E-state index contributed by atoms with van der Waals surface area (Å²) in [5.41, 5.74) is 0.581. The van der Waals surface area contributed by atoms with Crippen molar-refractivity contribution in [3.05, 3.63) is 35.9 Å². The van der Waals surface area contributed by atoms with Crippen molar-refractivity contribution >= 4 is 5.91 Å². The van der Waals surface area contributed by atoms with E-state index in [0.29, 0.717) is 5.56 Å². The summed E-state index contributed by atoms with van der Waals surface area (Å²) in [4.78, 5) is 16.3. The summed E-state index contributed by atoms with van der Waals surface area (Å²) in [5.74, 6) is -0.180. The molecule has 1 heterocycles. The van der Waals surface area contributed by atoms with Crippen molar-refractivity contribution in [3.63, 3.8) is 0 Å². The van der Waals surface area contributed by atoms with Crippen molar-refractivity contribution in [2.24, 2.45) is 0 Å². The monoisotopic (exact) mass is 351 g/mol. The number of aliphatic hydroxyl groups excluding tert-OH is 2. The number of hydrogen-bond acceptors (Lipinski definition) is 6. The lowest BCUT2D eigenvalue weighted by molar-refractivity contribution is -0.0209. The Morgan fingerprint density at radius 1 is 1.16 bits per heavy atom. The van der Waals surface area contributed by atoms with E-state index < -0.39 is 12.2 Å². The van der Waals surface area contributed by atoms with E-state index in [4.69, 9.17) is 4.74 Å². The van der Waals surface area contributed by atoms with Crippen LogP contribution >= 0.6 is 0 Å². The van der Waals surface area contributed by atoms with Crippen LogP contribution in [0.25, 0.3) is 0 Å². The lowest BCUT2D eigenvalue weighted by Gasteiger charge is -2.31. The standard InChI is InChI=1S/C18H29N3O4/c1-20(2)9-10-21(3)16-14(25-15(12-22)17(16)23)11-19-18(24)13-7-5-4-6-8-13/h4-8,14-17,22-23H,9-12H2,1-3H3,(H,19,24)/t14-,15+,16+,17-/m1/s1. The molecule has 1 saturated heterocycles. The molecule has 25 heavy (non-hydrogen) atoms. The van der Waals surface area contributed by atoms with Crippen molar-refractivity contribution < 1.29 is 19.7 Å². The molecule has 1 fully saturated rings. The lowest BCUT2D eigenvalue weighted by Crippen LogP contribution is -2.51. The summed E-state index contributed by atoms with van der Waals surface area (Å²) in [6.07, 6.45) is -1.81. The van der Waals surface area contributed by atoms with Gasteiger partial charge >= 0.3 is 0 Å². The highest BCUT2D eigenvalue weighted by Gasteiger charge is 2.45. The van der Waals surface area contributed by atoms with Gasteiger partial charge in [0.05, 0.1) is 18.8 Å². The molecule has 7 nitrogen and oxygen atoms in total. The lowest BCUT2D eigenvalue weighted by atomic mass is 10.0. The molecule has 0 unspecified atom stereocenters. The number of ether oxygens (including phenoxy) is 1. The summed E-state index contributed by atoms with van der Waals surface area (Å²) < 4.78 is 5.78. The maximum Gasteiger partial charge on any atom is 0.251 e. The quantitative estimate of drug-likeness (QED) is 0.580. The molecule has 1 amide bonds. The highest BCUT2D eigenvalue weighted by Crippen LogP contribution is 2.24. The molecule has 1 aromatic carbocycles. The molecule has 0 saturated carbocycles. The number of benzene rings is 1. The van der Waals surface area contributed by atoms with E-state index in [-0.39, 0.29) is 31.2 Å². The first-order chi connectivity index (χ1) is 11.9. The van der Waals surface area contributed by atoms with Crippen LogP contribution in [0.2, 0.25) is 0 Å². The van der Waals surface area contributed by atoms with Crippen molar-refractivity contribution in [3.8, 4) is 0 Å². The molecule has 3 N–H and O–H groups in total. The summed E-state index contributed by atoms with van der Waals surface area (Å²) in [6.45, 7) is 1.62. The number of aliphatic hydroxyl groups is 2. The molecule has 0 spiro atoms. The Labute approximate surface area is 149 Å². The largest absolute Gasteiger partial charge is 0.394 e. The Bertz CT molecular complexity index is 540. The molecule has 1 aliphatic heterocycles. The predicted octanol–water partition coefficient (Wildman–Crippen LogP) is -0.601. The topological polar surface area (TPSA) is 85.3 Å². The van der Waals surface area contributed by atoms with E-state index >= 15 is 0 Å². The van der Waals surface area contributed by atoms with Gasteiger partial charge in [0.25, 0.3) is 5.91 Å². The third-order valence-corrected chi connectivity index (χ3v) is 4.55. The smallest absolute Gasteiger partial charge is 0.251 e. The predicted molar refractivity (Wildman–Crippen MR) is 95.5 cm³/mol. The van der Waals surface area contributed by atoms with Crippen LogP contribution in [0.15, 0.2) is 30.3 Å². The highest BCUT2D eigenvalue weighted by molar-refractivity contribution is 5.94. The number of amides is 1. The first-order valence-corrected chi connectivity index (χ1v) is 8.56. The summed E-state index contributed by atoms with van der Waals surface area (Å²) in [7, 11) is 5.90. The molecule has 0 aromatic heterocycles. The minimum Gasteiger partial charge on any atom is -0.394 e. The Hall–Kier alpha value is -1.51. The fourth-order valence-electron chi connectivity index (χ4n) is 3.08. The molecule has 2 rings (SSSR count). The third-order valence-electron chi connectivity index (χ3n) is 4.55. The van der Waals surface area contributed by atoms with Gasteiger partial charge in [-0.05, 0) is 33.3 Å². The number of nitrogens with one attached hydrogen (secondary N) is 1. The minimum atomic E-state index is -0.796. The van der Waals surface area contributed by atoms with Gasteiger partial charge in [-0.1, -0.05) is 18.2 Å². The average molecular weight is 351 g/mol. The van der Waals surface area contributed by atoms with Gasteiger partial charge in [-0.25, -0.2) is 0 Å². The van der Waals surface area contributed by atoms with Crippen molar-refractivity contribution in [1.82, 2.24) is 15.1 Å². The summed E-state index contributed by atoms with van der Waals surface area (Å²) >= 11 is 0. The Kier molecular flexibility index (Phi) is 7.34. The van der Waals surface area contributed by atoms with Gasteiger partial charge in [0.1, 0.15) is 12.2 Å². The zero-order valence-corrected chi connectivity index (χ0v) is 15.1. The molecule has 1 aromatic rings. The van der Waals surface area contributed by atoms with Crippen LogP contribution in [0, 0.1) is 0 Å². The Morgan fingerprint density at radius 2 is 1.84 bits per heavy atom. The van der Waals surface area contributed by atoms with Crippen LogP contribution in [0.3, 0.4) is 0 Å². The van der Waals surface area contributed by atoms with Gasteiger partial charge in [-0.3, -0.25) is 9.69 Å². The van der Waals surface area contributed by atoms with Gasteiger partial charge in [0.15, 0.2) is 0 Å². The van der Waals surface area contributed by atoms with Crippen LogP contribution in [-0.2, 0) is 4.74 Å². The molecule has 4 atom stereocenters. The zero-order chi connectivity index (χ0) is 18.4. The van der Waals surface area contributed by atoms with E-state index in [2.05, 4.69) is 10.2 Å². The van der Waals surface area contributed by atoms with Gasteiger partial charge < -0.3 is 25.2 Å². The fourth-order valence-corrected chi connectivity index (χ4v) is 3.08. The summed E-state index contributed by atoms with van der Waals surface area (Å²) in [6, 6.07) is 8.69. The highest BCUT2D eigenvalue weighted by atomic mass is 16.5. The second-order valence-corrected chi connectivity index (χ2v) is 6.74. The first-order valence-electron chi connectivity index (χ1n) is 8.56. The number of rotatable bonds is 8. The maximum atomic E-state index is 12.2. The minimum absolute atomic E-state index is 0.180. The SMILES string of the molecule is CN(C)CCN(C)[C@@H]1[C@H](O)[C@H](CO)O[C@@H]1CNC(=O)c1ccccc1. The van der Waals surface area contributed by atoms with E-state index in [1.165, 1.54) is 0 Å². The third kappa shape index (κ3) is 5.23. The second-order valence-electron chi connectivity index (χ2n) is 6.74. The van der Waals surface area contributed by atoms with Crippen molar-refractivity contribution in [1.29, 1.82) is 0 Å². The van der Waals surface area contributed by atoms with Crippen LogP contribution in [0.1, 0.15) is 10.4 Å². The Morgan fingerprint density at radius 3 is 2.44 bits per heavy atom. The Balaban J connectivity index is 1.99. The van der Waals surface area contributed by atoms with Crippen LogP contribution < -0.4 is 5.32 Å². The number of hydrogen-bond donors (Lipinski definition) is 3. The molecule has 140 valence electrons. The molecule has 0 bridgehead atoms. The maximum absolute atomic E-state index is 12.2. The first kappa shape index (κ1) is 19.8. The number of carbonyl (C=O) groups is 1. The van der Waals surface area contributed by atoms with Gasteiger partial charge in [0, 0.05) is 25.2 Å². The molecule has 7 heteroatoms. The average Bonchev–Trinajstić information content (AvgIpc) is 2.94. The molecule has 0 radical (unpaired) electrons. The van der Waals surface area contributed by atoms with E-state index in [1.807, 2.05) is 44.2 Å². The number of likely N-dealkylation sites (N-methyl/N-ethyl adjacent to an activating group) is 2. The van der Waals surface area contributed by atoms with Crippen LogP contribution in [0.5, 0.6) is 0 Å². The van der Waals surface area contributed by atoms with Gasteiger partial charge in [-0.2, -0.15) is 0 Å². The molecular formula is C18H29N3O4. The summed E-state index contributed by atoms with van der Waals surface area (Å²) in [5, 5.41) is 22.8. The zero-order valence-electron chi connectivity index (χ0n) is 15.1. The van der Waals surface area contributed by atoms with Crippen LogP contribution in [-0.4, -0.2) is 97.7 Å². The van der Waals surface area contributed by atoms with E-state index in [1.54, 1.807) is 12.1 Å². The van der Waals surface area contributed by atoms with E-state index in [9.17, 15) is 15.0 Å². The molecule has 0 aliphatic carbocycles. The van der Waals surface area contributed by atoms with Gasteiger partial charge in [0.2, 0.25) is 0 Å². The number of nitrogens with zero attached hydrogens (tertiary/aromatic N) is 2. The van der Waals surface area contributed by atoms with Crippen molar-refractivity contribution in [2.75, 3.05) is 47.4 Å².